The second-order valence-electron chi connectivity index (χ2n) is 3.52. The molecule has 0 saturated carbocycles. The van der Waals surface area contributed by atoms with E-state index >= 15 is 0 Å². The zero-order valence-electron chi connectivity index (χ0n) is 10.0. The minimum Gasteiger partial charge on any atom is -0.338 e. The van der Waals surface area contributed by atoms with Gasteiger partial charge in [0.15, 0.2) is 0 Å². The van der Waals surface area contributed by atoms with Crippen molar-refractivity contribution in [3.05, 3.63) is 30.1 Å². The molecule has 98 valence electrons. The first kappa shape index (κ1) is 14.5. The van der Waals surface area contributed by atoms with Gasteiger partial charge >= 0.3 is 6.03 Å². The van der Waals surface area contributed by atoms with E-state index in [1.54, 1.807) is 18.2 Å². The van der Waals surface area contributed by atoms with Crippen molar-refractivity contribution in [1.82, 2.24) is 10.6 Å². The molecular weight excluding hydrogens is 255 g/mol. The molecule has 3 amide bonds. The molecule has 0 spiro atoms. The molecule has 0 aromatic heterocycles. The van der Waals surface area contributed by atoms with E-state index in [0.29, 0.717) is 11.4 Å². The summed E-state index contributed by atoms with van der Waals surface area (Å²) < 4.78 is 13.2. The molecule has 0 unspecified atom stereocenters. The van der Waals surface area contributed by atoms with Crippen LogP contribution in [0.2, 0.25) is 0 Å². The van der Waals surface area contributed by atoms with Crippen molar-refractivity contribution in [2.45, 2.75) is 18.2 Å². The molecule has 4 nitrogen and oxygen atoms in total. The Morgan fingerprint density at radius 1 is 1.33 bits per heavy atom. The smallest absolute Gasteiger partial charge is 0.321 e. The molecule has 18 heavy (non-hydrogen) atoms. The van der Waals surface area contributed by atoms with Gasteiger partial charge in [0.1, 0.15) is 5.82 Å². The summed E-state index contributed by atoms with van der Waals surface area (Å²) in [5, 5.41) is 4.69. The fourth-order valence-electron chi connectivity index (χ4n) is 1.15. The van der Waals surface area contributed by atoms with Crippen LogP contribution in [0.1, 0.15) is 13.3 Å². The Kier molecular flexibility index (Phi) is 6.21. The number of thioether (sulfide) groups is 1. The lowest BCUT2D eigenvalue weighted by Gasteiger charge is -2.05. The summed E-state index contributed by atoms with van der Waals surface area (Å²) in [6.45, 7) is 2.43. The van der Waals surface area contributed by atoms with Crippen molar-refractivity contribution in [1.29, 1.82) is 0 Å². The van der Waals surface area contributed by atoms with Crippen LogP contribution >= 0.6 is 11.8 Å². The molecule has 0 fully saturated rings. The average Bonchev–Trinajstić information content (AvgIpc) is 2.35. The number of carbonyl (C=O) groups is 2. The molecule has 0 atom stereocenters. The molecule has 0 aliphatic rings. The quantitative estimate of drug-likeness (QED) is 0.806. The number of urea groups is 1. The van der Waals surface area contributed by atoms with E-state index < -0.39 is 11.9 Å². The lowest BCUT2D eigenvalue weighted by molar-refractivity contribution is -0.117. The van der Waals surface area contributed by atoms with Crippen molar-refractivity contribution in [2.75, 3.05) is 12.3 Å². The van der Waals surface area contributed by atoms with Crippen molar-refractivity contribution in [2.24, 2.45) is 0 Å². The third kappa shape index (κ3) is 5.18. The highest BCUT2D eigenvalue weighted by Crippen LogP contribution is 2.20. The maximum atomic E-state index is 13.2. The second kappa shape index (κ2) is 7.71. The van der Waals surface area contributed by atoms with Gasteiger partial charge in [-0.15, -0.1) is 11.8 Å². The number of rotatable bonds is 5. The predicted molar refractivity (Wildman–Crippen MR) is 69.0 cm³/mol. The van der Waals surface area contributed by atoms with Crippen LogP contribution in [0.5, 0.6) is 0 Å². The van der Waals surface area contributed by atoms with Crippen molar-refractivity contribution < 1.29 is 14.0 Å². The van der Waals surface area contributed by atoms with Crippen molar-refractivity contribution in [3.63, 3.8) is 0 Å². The summed E-state index contributed by atoms with van der Waals surface area (Å²) in [6.07, 6.45) is 0.797. The van der Waals surface area contributed by atoms with E-state index in [1.165, 1.54) is 6.07 Å². The molecule has 0 radical (unpaired) electrons. The van der Waals surface area contributed by atoms with E-state index in [9.17, 15) is 14.0 Å². The lowest BCUT2D eigenvalue weighted by Crippen LogP contribution is -2.40. The van der Waals surface area contributed by atoms with Gasteiger partial charge in [-0.1, -0.05) is 19.1 Å². The van der Waals surface area contributed by atoms with Gasteiger partial charge in [0.2, 0.25) is 5.91 Å². The highest BCUT2D eigenvalue weighted by molar-refractivity contribution is 8.00. The Morgan fingerprint density at radius 3 is 2.72 bits per heavy atom. The largest absolute Gasteiger partial charge is 0.338 e. The highest BCUT2D eigenvalue weighted by Gasteiger charge is 2.09. The first-order chi connectivity index (χ1) is 8.63. The highest BCUT2D eigenvalue weighted by atomic mass is 32.2. The van der Waals surface area contributed by atoms with Crippen LogP contribution in [-0.2, 0) is 4.79 Å². The molecule has 0 aliphatic heterocycles. The molecule has 0 bridgehead atoms. The maximum Gasteiger partial charge on any atom is 0.321 e. The summed E-state index contributed by atoms with van der Waals surface area (Å²) in [4.78, 5) is 22.9. The Labute approximate surface area is 109 Å². The number of hydrogen-bond donors (Lipinski definition) is 2. The van der Waals surface area contributed by atoms with Gasteiger partial charge in [-0.05, 0) is 18.6 Å². The summed E-state index contributed by atoms with van der Waals surface area (Å²) in [5.41, 5.74) is 0. The minimum absolute atomic E-state index is 0.000475. The first-order valence-electron chi connectivity index (χ1n) is 5.58. The fourth-order valence-corrected chi connectivity index (χ4v) is 1.89. The standard InChI is InChI=1S/C12H15FN2O2S/c1-2-7-14-12(17)15-11(16)8-18-10-6-4-3-5-9(10)13/h3-6H,2,7-8H2,1H3,(H2,14,15,16,17). The Bertz CT molecular complexity index is 426. The number of amides is 3. The number of hydrogen-bond acceptors (Lipinski definition) is 3. The molecule has 1 aromatic carbocycles. The van der Waals surface area contributed by atoms with Crippen LogP contribution in [0, 0.1) is 5.82 Å². The number of halogens is 1. The molecule has 0 saturated heterocycles. The van der Waals surface area contributed by atoms with Gasteiger partial charge in [0.05, 0.1) is 5.75 Å². The second-order valence-corrected chi connectivity index (χ2v) is 4.54. The molecule has 1 rings (SSSR count). The number of benzene rings is 1. The third-order valence-corrected chi connectivity index (χ3v) is 3.03. The molecule has 1 aromatic rings. The van der Waals surface area contributed by atoms with Crippen LogP contribution in [0.4, 0.5) is 9.18 Å². The van der Waals surface area contributed by atoms with Gasteiger partial charge in [-0.3, -0.25) is 10.1 Å². The molecule has 0 aliphatic carbocycles. The van der Waals surface area contributed by atoms with E-state index in [-0.39, 0.29) is 11.6 Å². The molecule has 0 heterocycles. The van der Waals surface area contributed by atoms with Gasteiger partial charge in [-0.25, -0.2) is 9.18 Å². The number of nitrogens with one attached hydrogen (secondary N) is 2. The van der Waals surface area contributed by atoms with E-state index in [1.807, 2.05) is 6.92 Å². The van der Waals surface area contributed by atoms with Crippen LogP contribution in [-0.4, -0.2) is 24.2 Å². The normalized spacial score (nSPS) is 9.89. The van der Waals surface area contributed by atoms with Crippen LogP contribution in [0.15, 0.2) is 29.2 Å². The zero-order chi connectivity index (χ0) is 13.4. The maximum absolute atomic E-state index is 13.2. The SMILES string of the molecule is CCCNC(=O)NC(=O)CSc1ccccc1F. The van der Waals surface area contributed by atoms with E-state index in [2.05, 4.69) is 10.6 Å². The van der Waals surface area contributed by atoms with Crippen LogP contribution < -0.4 is 10.6 Å². The lowest BCUT2D eigenvalue weighted by atomic mass is 10.3. The number of imide groups is 1. The van der Waals surface area contributed by atoms with Gasteiger partial charge in [-0.2, -0.15) is 0 Å². The monoisotopic (exact) mass is 270 g/mol. The Balaban J connectivity index is 2.33. The number of carbonyl (C=O) groups excluding carboxylic acids is 2. The first-order valence-corrected chi connectivity index (χ1v) is 6.57. The predicted octanol–water partition coefficient (Wildman–Crippen LogP) is 2.15. The van der Waals surface area contributed by atoms with Crippen molar-refractivity contribution >= 4 is 23.7 Å². The molecule has 2 N–H and O–H groups in total. The van der Waals surface area contributed by atoms with Gasteiger partial charge < -0.3 is 5.32 Å². The van der Waals surface area contributed by atoms with Crippen molar-refractivity contribution in [3.8, 4) is 0 Å². The summed E-state index contributed by atoms with van der Waals surface area (Å²) >= 11 is 1.05. The zero-order valence-corrected chi connectivity index (χ0v) is 10.8. The Hall–Kier alpha value is -1.56. The summed E-state index contributed by atoms with van der Waals surface area (Å²) in [7, 11) is 0. The van der Waals surface area contributed by atoms with E-state index in [4.69, 9.17) is 0 Å². The van der Waals surface area contributed by atoms with Crippen LogP contribution in [0.3, 0.4) is 0 Å². The van der Waals surface area contributed by atoms with Gasteiger partial charge in [0, 0.05) is 11.4 Å². The van der Waals surface area contributed by atoms with Crippen LogP contribution in [0.25, 0.3) is 0 Å². The Morgan fingerprint density at radius 2 is 2.06 bits per heavy atom. The van der Waals surface area contributed by atoms with Gasteiger partial charge in [0.25, 0.3) is 0 Å². The summed E-state index contributed by atoms with van der Waals surface area (Å²) in [6, 6.07) is 5.67. The topological polar surface area (TPSA) is 58.2 Å². The third-order valence-electron chi connectivity index (χ3n) is 1.98. The minimum atomic E-state index is -0.518. The summed E-state index contributed by atoms with van der Waals surface area (Å²) in [5.74, 6) is -0.817. The molecular formula is C12H15FN2O2S. The molecule has 6 heteroatoms. The fraction of sp³-hybridized carbons (Fsp3) is 0.333. The average molecular weight is 270 g/mol. The van der Waals surface area contributed by atoms with E-state index in [0.717, 1.165) is 18.2 Å².